The molecule has 0 amide bonds. The van der Waals surface area contributed by atoms with E-state index in [1.54, 1.807) is 6.07 Å². The van der Waals surface area contributed by atoms with Gasteiger partial charge in [-0.15, -0.1) is 11.3 Å². The molecule has 1 saturated heterocycles. The van der Waals surface area contributed by atoms with Crippen LogP contribution in [0.5, 0.6) is 0 Å². The number of hydrogen-bond acceptors (Lipinski definition) is 8. The third kappa shape index (κ3) is 3.42. The van der Waals surface area contributed by atoms with E-state index in [2.05, 4.69) is 19.9 Å². The van der Waals surface area contributed by atoms with Crippen molar-refractivity contribution in [2.75, 3.05) is 36.9 Å². The first kappa shape index (κ1) is 16.6. The predicted molar refractivity (Wildman–Crippen MR) is 101 cm³/mol. The molecule has 0 aliphatic carbocycles. The van der Waals surface area contributed by atoms with E-state index in [9.17, 15) is 4.79 Å². The van der Waals surface area contributed by atoms with Crippen LogP contribution in [0.3, 0.4) is 0 Å². The standard InChI is InChI=1S/C18H17N5O2S/c19-13-3-1-12(2-4-13)16-20-17(15-6-5-14(11-24)26-15)22-18(21-16)23-7-9-25-10-8-23/h1-6,11H,7-10,19H2. The van der Waals surface area contributed by atoms with Crippen molar-refractivity contribution < 1.29 is 9.53 Å². The van der Waals surface area contributed by atoms with Crippen LogP contribution in [0.25, 0.3) is 22.1 Å². The second-order valence-corrected chi connectivity index (χ2v) is 6.94. The molecular weight excluding hydrogens is 350 g/mol. The van der Waals surface area contributed by atoms with Crippen LogP contribution in [0.1, 0.15) is 9.67 Å². The molecule has 26 heavy (non-hydrogen) atoms. The molecule has 0 spiro atoms. The largest absolute Gasteiger partial charge is 0.399 e. The number of thiophene rings is 1. The van der Waals surface area contributed by atoms with E-state index >= 15 is 0 Å². The molecule has 0 unspecified atom stereocenters. The summed E-state index contributed by atoms with van der Waals surface area (Å²) in [5.74, 6) is 1.76. The lowest BCUT2D eigenvalue weighted by molar-refractivity contribution is 0.112. The SMILES string of the molecule is Nc1ccc(-c2nc(-c3ccc(C=O)s3)nc(N3CCOCC3)n2)cc1. The van der Waals surface area contributed by atoms with Crippen LogP contribution < -0.4 is 10.6 Å². The highest BCUT2D eigenvalue weighted by Gasteiger charge is 2.18. The van der Waals surface area contributed by atoms with E-state index in [1.165, 1.54) is 11.3 Å². The van der Waals surface area contributed by atoms with E-state index < -0.39 is 0 Å². The molecule has 7 nitrogen and oxygen atoms in total. The Labute approximate surface area is 154 Å². The van der Waals surface area contributed by atoms with E-state index in [4.69, 9.17) is 10.5 Å². The number of carbonyl (C=O) groups excluding carboxylic acids is 1. The first-order valence-corrected chi connectivity index (χ1v) is 9.04. The van der Waals surface area contributed by atoms with Gasteiger partial charge in [-0.25, -0.2) is 4.98 Å². The molecule has 1 fully saturated rings. The minimum atomic E-state index is 0.561. The number of nitrogen functional groups attached to an aromatic ring is 1. The lowest BCUT2D eigenvalue weighted by Crippen LogP contribution is -2.37. The molecule has 0 radical (unpaired) electrons. The third-order valence-corrected chi connectivity index (χ3v) is 5.06. The second-order valence-electron chi connectivity index (χ2n) is 5.82. The maximum atomic E-state index is 11.0. The molecule has 132 valence electrons. The van der Waals surface area contributed by atoms with E-state index in [-0.39, 0.29) is 0 Å². The normalized spacial score (nSPS) is 14.4. The average Bonchev–Trinajstić information content (AvgIpc) is 3.18. The molecule has 0 saturated carbocycles. The maximum Gasteiger partial charge on any atom is 0.229 e. The Morgan fingerprint density at radius 1 is 1.00 bits per heavy atom. The van der Waals surface area contributed by atoms with E-state index in [0.29, 0.717) is 41.4 Å². The molecule has 1 aliphatic heterocycles. The molecule has 4 rings (SSSR count). The number of morpholine rings is 1. The lowest BCUT2D eigenvalue weighted by atomic mass is 10.2. The van der Waals surface area contributed by atoms with Gasteiger partial charge in [0.2, 0.25) is 5.95 Å². The van der Waals surface area contributed by atoms with Gasteiger partial charge in [-0.1, -0.05) is 0 Å². The molecule has 2 aromatic heterocycles. The fourth-order valence-electron chi connectivity index (χ4n) is 2.68. The summed E-state index contributed by atoms with van der Waals surface area (Å²) in [7, 11) is 0. The predicted octanol–water partition coefficient (Wildman–Crippen LogP) is 2.50. The minimum Gasteiger partial charge on any atom is -0.399 e. The van der Waals surface area contributed by atoms with Crippen LogP contribution in [0.2, 0.25) is 0 Å². The van der Waals surface area contributed by atoms with E-state index in [1.807, 2.05) is 30.3 Å². The van der Waals surface area contributed by atoms with Gasteiger partial charge in [0.1, 0.15) is 0 Å². The van der Waals surface area contributed by atoms with Gasteiger partial charge in [-0.2, -0.15) is 9.97 Å². The molecule has 3 aromatic rings. The van der Waals surface area contributed by atoms with Gasteiger partial charge >= 0.3 is 0 Å². The van der Waals surface area contributed by atoms with Crippen LogP contribution in [0, 0.1) is 0 Å². The zero-order chi connectivity index (χ0) is 17.9. The highest BCUT2D eigenvalue weighted by Crippen LogP contribution is 2.28. The summed E-state index contributed by atoms with van der Waals surface area (Å²) in [5, 5.41) is 0. The summed E-state index contributed by atoms with van der Waals surface area (Å²) >= 11 is 1.36. The fraction of sp³-hybridized carbons (Fsp3) is 0.222. The smallest absolute Gasteiger partial charge is 0.229 e. The zero-order valence-electron chi connectivity index (χ0n) is 14.0. The van der Waals surface area contributed by atoms with Crippen molar-refractivity contribution in [2.24, 2.45) is 0 Å². The van der Waals surface area contributed by atoms with Crippen LogP contribution in [-0.4, -0.2) is 47.5 Å². The van der Waals surface area contributed by atoms with Crippen LogP contribution >= 0.6 is 11.3 Å². The van der Waals surface area contributed by atoms with Crippen molar-refractivity contribution in [3.8, 4) is 22.1 Å². The number of nitrogens with zero attached hydrogens (tertiary/aromatic N) is 4. The maximum absolute atomic E-state index is 11.0. The number of anilines is 2. The number of nitrogens with two attached hydrogens (primary N) is 1. The number of ether oxygens (including phenoxy) is 1. The summed E-state index contributed by atoms with van der Waals surface area (Å²) in [6.45, 7) is 2.75. The fourth-order valence-corrected chi connectivity index (χ4v) is 3.43. The van der Waals surface area contributed by atoms with Crippen molar-refractivity contribution in [1.29, 1.82) is 0 Å². The summed E-state index contributed by atoms with van der Waals surface area (Å²) < 4.78 is 5.42. The third-order valence-electron chi connectivity index (χ3n) is 4.05. The molecule has 0 bridgehead atoms. The van der Waals surface area contributed by atoms with Gasteiger partial charge in [0.15, 0.2) is 17.9 Å². The molecule has 0 atom stereocenters. The van der Waals surface area contributed by atoms with Crippen LogP contribution in [0.15, 0.2) is 36.4 Å². The molecule has 1 aromatic carbocycles. The van der Waals surface area contributed by atoms with Gasteiger partial charge in [0.25, 0.3) is 0 Å². The Bertz CT molecular complexity index is 920. The first-order valence-electron chi connectivity index (χ1n) is 8.23. The van der Waals surface area contributed by atoms with Crippen molar-refractivity contribution in [3.05, 3.63) is 41.3 Å². The van der Waals surface area contributed by atoms with Crippen molar-refractivity contribution >= 4 is 29.3 Å². The molecular formula is C18H17N5O2S. The quantitative estimate of drug-likeness (QED) is 0.559. The Hall–Kier alpha value is -2.84. The Morgan fingerprint density at radius 3 is 2.42 bits per heavy atom. The van der Waals surface area contributed by atoms with E-state index in [0.717, 1.165) is 29.8 Å². The Kier molecular flexibility index (Phi) is 4.59. The summed E-state index contributed by atoms with van der Waals surface area (Å²) in [6, 6.07) is 11.1. The van der Waals surface area contributed by atoms with Gasteiger partial charge in [0.05, 0.1) is 23.0 Å². The molecule has 8 heteroatoms. The van der Waals surface area contributed by atoms with Crippen LogP contribution in [-0.2, 0) is 4.74 Å². The van der Waals surface area contributed by atoms with Gasteiger partial charge in [-0.3, -0.25) is 4.79 Å². The van der Waals surface area contributed by atoms with Crippen molar-refractivity contribution in [1.82, 2.24) is 15.0 Å². The number of hydrogen-bond donors (Lipinski definition) is 1. The monoisotopic (exact) mass is 367 g/mol. The summed E-state index contributed by atoms with van der Waals surface area (Å²) in [5.41, 5.74) is 7.33. The summed E-state index contributed by atoms with van der Waals surface area (Å²) in [6.07, 6.45) is 0.832. The van der Waals surface area contributed by atoms with Gasteiger partial charge < -0.3 is 15.4 Å². The highest BCUT2D eigenvalue weighted by atomic mass is 32.1. The number of aromatic nitrogens is 3. The van der Waals surface area contributed by atoms with Crippen molar-refractivity contribution in [2.45, 2.75) is 0 Å². The first-order chi connectivity index (χ1) is 12.7. The number of benzene rings is 1. The minimum absolute atomic E-state index is 0.561. The molecule has 3 heterocycles. The van der Waals surface area contributed by atoms with Crippen LogP contribution in [0.4, 0.5) is 11.6 Å². The van der Waals surface area contributed by atoms with Gasteiger partial charge in [0, 0.05) is 24.3 Å². The topological polar surface area (TPSA) is 94.2 Å². The Morgan fingerprint density at radius 2 is 1.73 bits per heavy atom. The zero-order valence-corrected chi connectivity index (χ0v) is 14.8. The number of rotatable bonds is 4. The molecule has 1 aliphatic rings. The lowest BCUT2D eigenvalue weighted by Gasteiger charge is -2.27. The van der Waals surface area contributed by atoms with Gasteiger partial charge in [-0.05, 0) is 36.4 Å². The molecule has 2 N–H and O–H groups in total. The number of carbonyl (C=O) groups is 1. The highest BCUT2D eigenvalue weighted by molar-refractivity contribution is 7.16. The summed E-state index contributed by atoms with van der Waals surface area (Å²) in [4.78, 5) is 28.5. The average molecular weight is 367 g/mol. The second kappa shape index (κ2) is 7.19. The van der Waals surface area contributed by atoms with Crippen molar-refractivity contribution in [3.63, 3.8) is 0 Å². The number of aldehydes is 1. The Balaban J connectivity index is 1.80.